The minimum Gasteiger partial charge on any atom is -0.462 e. The summed E-state index contributed by atoms with van der Waals surface area (Å²) in [7, 11) is 0. The number of rotatable bonds is 9. The molecule has 2 saturated carbocycles. The number of fused-ring (bicyclic) bond motifs is 2. The van der Waals surface area contributed by atoms with Gasteiger partial charge in [0.25, 0.3) is 17.1 Å². The number of nitro benzene ring substituents is 4. The Balaban J connectivity index is 1.44. The fourth-order valence-electron chi connectivity index (χ4n) is 4.78. The van der Waals surface area contributed by atoms with Crippen LogP contribution in [0.3, 0.4) is 0 Å². The maximum atomic E-state index is 12.5. The first-order valence-corrected chi connectivity index (χ1v) is 10.9. The molecule has 0 spiro atoms. The number of carbonyl (C=O) groups excluding carboxylic acids is 1. The molecule has 0 radical (unpaired) electrons. The third kappa shape index (κ3) is 5.31. The molecule has 0 amide bonds. The first-order chi connectivity index (χ1) is 17.5. The number of hydrogen-bond donors (Lipinski definition) is 1. The normalized spacial score (nSPS) is 21.0. The number of ether oxygens (including phenoxy) is 1. The van der Waals surface area contributed by atoms with Crippen LogP contribution in [0.25, 0.3) is 0 Å². The summed E-state index contributed by atoms with van der Waals surface area (Å²) in [6.07, 6.45) is 2.11. The van der Waals surface area contributed by atoms with Crippen LogP contribution in [-0.4, -0.2) is 38.0 Å². The Hall–Kier alpha value is -5.02. The molecule has 1 N–H and O–H groups in total. The lowest BCUT2D eigenvalue weighted by molar-refractivity contribution is -0.394. The van der Waals surface area contributed by atoms with Crippen molar-refractivity contribution < 1.29 is 29.2 Å². The number of esters is 1. The Kier molecular flexibility index (Phi) is 6.73. The highest BCUT2D eigenvalue weighted by molar-refractivity contribution is 5.92. The highest BCUT2D eigenvalue weighted by Crippen LogP contribution is 2.47. The second-order valence-corrected chi connectivity index (χ2v) is 8.69. The van der Waals surface area contributed by atoms with E-state index in [0.29, 0.717) is 12.1 Å². The van der Waals surface area contributed by atoms with Crippen LogP contribution >= 0.6 is 0 Å². The van der Waals surface area contributed by atoms with Gasteiger partial charge in [-0.25, -0.2) is 4.79 Å². The van der Waals surface area contributed by atoms with Crippen LogP contribution in [0.15, 0.2) is 41.5 Å². The van der Waals surface area contributed by atoms with Gasteiger partial charge in [-0.3, -0.25) is 45.9 Å². The molecule has 192 valence electrons. The van der Waals surface area contributed by atoms with E-state index in [0.717, 1.165) is 43.2 Å². The lowest BCUT2D eigenvalue weighted by atomic mass is 9.88. The standard InChI is InChI=1S/C21H18N6O10/c28-21(12-6-15(25(31)32)8-16(7-12)26(33)34)37-10-13-3-11-4-17(13)19(5-11)23-22-18-2-1-14(24(29)30)9-20(18)27(35)36/h1-2,6-9,11,13,17,22H,3-5,10H2. The van der Waals surface area contributed by atoms with Crippen LogP contribution in [0.1, 0.15) is 29.6 Å². The van der Waals surface area contributed by atoms with E-state index < -0.39 is 48.4 Å². The molecule has 16 heteroatoms. The summed E-state index contributed by atoms with van der Waals surface area (Å²) in [4.78, 5) is 53.7. The van der Waals surface area contributed by atoms with Crippen molar-refractivity contribution in [2.24, 2.45) is 22.9 Å². The number of nitrogens with zero attached hydrogens (tertiary/aromatic N) is 5. The second-order valence-electron chi connectivity index (χ2n) is 8.69. The number of anilines is 1. The molecule has 2 aromatic carbocycles. The highest BCUT2D eigenvalue weighted by Gasteiger charge is 2.44. The molecule has 2 aliphatic rings. The molecule has 2 fully saturated rings. The van der Waals surface area contributed by atoms with Gasteiger partial charge in [0.15, 0.2) is 0 Å². The van der Waals surface area contributed by atoms with Gasteiger partial charge in [-0.05, 0) is 31.2 Å². The van der Waals surface area contributed by atoms with Crippen LogP contribution in [0.5, 0.6) is 0 Å². The fraction of sp³-hybridized carbons (Fsp3) is 0.333. The number of nitrogens with one attached hydrogen (secondary N) is 1. The van der Waals surface area contributed by atoms with Crippen molar-refractivity contribution in [3.63, 3.8) is 0 Å². The van der Waals surface area contributed by atoms with E-state index in [9.17, 15) is 45.3 Å². The van der Waals surface area contributed by atoms with Gasteiger partial charge in [0, 0.05) is 35.7 Å². The Morgan fingerprint density at radius 1 is 0.892 bits per heavy atom. The van der Waals surface area contributed by atoms with Gasteiger partial charge in [-0.15, -0.1) is 0 Å². The minimum atomic E-state index is -0.937. The Morgan fingerprint density at radius 2 is 1.54 bits per heavy atom. The molecule has 3 unspecified atom stereocenters. The largest absolute Gasteiger partial charge is 0.462 e. The monoisotopic (exact) mass is 514 g/mol. The Bertz CT molecular complexity index is 1330. The maximum absolute atomic E-state index is 12.5. The van der Waals surface area contributed by atoms with Crippen LogP contribution in [-0.2, 0) is 4.74 Å². The topological polar surface area (TPSA) is 223 Å². The second kappa shape index (κ2) is 9.92. The third-order valence-corrected chi connectivity index (χ3v) is 6.42. The van der Waals surface area contributed by atoms with E-state index in [2.05, 4.69) is 10.5 Å². The quantitative estimate of drug-likeness (QED) is 0.286. The fourth-order valence-corrected chi connectivity index (χ4v) is 4.78. The summed E-state index contributed by atoms with van der Waals surface area (Å²) in [5.74, 6) is -0.918. The summed E-state index contributed by atoms with van der Waals surface area (Å²) < 4.78 is 5.32. The average Bonchev–Trinajstić information content (AvgIpc) is 3.45. The summed E-state index contributed by atoms with van der Waals surface area (Å²) >= 11 is 0. The first kappa shape index (κ1) is 25.1. The van der Waals surface area contributed by atoms with Crippen molar-refractivity contribution in [1.82, 2.24) is 0 Å². The molecular weight excluding hydrogens is 496 g/mol. The minimum absolute atomic E-state index is 0.0129. The highest BCUT2D eigenvalue weighted by atomic mass is 16.6. The predicted molar refractivity (Wildman–Crippen MR) is 125 cm³/mol. The van der Waals surface area contributed by atoms with Crippen LogP contribution in [0, 0.1) is 58.2 Å². The zero-order valence-corrected chi connectivity index (χ0v) is 18.8. The van der Waals surface area contributed by atoms with Crippen molar-refractivity contribution in [3.8, 4) is 0 Å². The molecule has 16 nitrogen and oxygen atoms in total. The Labute approximate surface area is 206 Å². The number of hydrazone groups is 1. The van der Waals surface area contributed by atoms with Crippen LogP contribution < -0.4 is 5.43 Å². The van der Waals surface area contributed by atoms with Gasteiger partial charge in [0.2, 0.25) is 0 Å². The smallest absolute Gasteiger partial charge is 0.338 e. The van der Waals surface area contributed by atoms with E-state index in [1.165, 1.54) is 6.07 Å². The van der Waals surface area contributed by atoms with Gasteiger partial charge < -0.3 is 4.74 Å². The van der Waals surface area contributed by atoms with Gasteiger partial charge in [-0.1, -0.05) is 0 Å². The summed E-state index contributed by atoms with van der Waals surface area (Å²) in [5.41, 5.74) is 0.848. The van der Waals surface area contributed by atoms with E-state index in [1.807, 2.05) is 0 Å². The number of non-ortho nitro benzene ring substituents is 3. The number of benzene rings is 2. The van der Waals surface area contributed by atoms with Crippen molar-refractivity contribution in [1.29, 1.82) is 0 Å². The number of nitro groups is 4. The van der Waals surface area contributed by atoms with E-state index in [-0.39, 0.29) is 35.6 Å². The van der Waals surface area contributed by atoms with Crippen LogP contribution in [0.4, 0.5) is 28.4 Å². The molecule has 37 heavy (non-hydrogen) atoms. The lowest BCUT2D eigenvalue weighted by Crippen LogP contribution is -2.26. The summed E-state index contributed by atoms with van der Waals surface area (Å²) in [6.45, 7) is -0.0484. The van der Waals surface area contributed by atoms with Crippen molar-refractivity contribution in [3.05, 3.63) is 82.4 Å². The van der Waals surface area contributed by atoms with Crippen molar-refractivity contribution in [2.45, 2.75) is 19.3 Å². The van der Waals surface area contributed by atoms with E-state index >= 15 is 0 Å². The number of carbonyl (C=O) groups is 1. The average molecular weight is 514 g/mol. The maximum Gasteiger partial charge on any atom is 0.338 e. The van der Waals surface area contributed by atoms with Gasteiger partial charge in [0.1, 0.15) is 5.69 Å². The molecule has 3 atom stereocenters. The molecule has 2 aliphatic carbocycles. The number of hydrogen-bond acceptors (Lipinski definition) is 12. The molecule has 0 aliphatic heterocycles. The summed E-state index contributed by atoms with van der Waals surface area (Å²) in [5, 5.41) is 48.6. The first-order valence-electron chi connectivity index (χ1n) is 10.9. The predicted octanol–water partition coefficient (Wildman–Crippen LogP) is 3.99. The van der Waals surface area contributed by atoms with Gasteiger partial charge >= 0.3 is 11.7 Å². The molecular formula is C21H18N6O10. The third-order valence-electron chi connectivity index (χ3n) is 6.42. The Morgan fingerprint density at radius 3 is 2.11 bits per heavy atom. The van der Waals surface area contributed by atoms with Crippen LogP contribution in [0.2, 0.25) is 0 Å². The molecule has 0 aromatic heterocycles. The molecule has 2 bridgehead atoms. The summed E-state index contributed by atoms with van der Waals surface area (Å²) in [6, 6.07) is 5.72. The van der Waals surface area contributed by atoms with E-state index in [4.69, 9.17) is 4.74 Å². The van der Waals surface area contributed by atoms with Crippen molar-refractivity contribution in [2.75, 3.05) is 12.0 Å². The molecule has 0 saturated heterocycles. The SMILES string of the molecule is O=C(OCC1CC2CC(=NNc3ccc([N+](=O)[O-])cc3[N+](=O)[O-])C1C2)c1cc([N+](=O)[O-])cc([N+](=O)[O-])c1. The van der Waals surface area contributed by atoms with E-state index in [1.54, 1.807) is 0 Å². The van der Waals surface area contributed by atoms with Gasteiger partial charge in [-0.2, -0.15) is 5.10 Å². The zero-order valence-electron chi connectivity index (χ0n) is 18.8. The molecule has 0 heterocycles. The molecule has 4 rings (SSSR count). The van der Waals surface area contributed by atoms with Gasteiger partial charge in [0.05, 0.1) is 44.0 Å². The zero-order chi connectivity index (χ0) is 26.9. The van der Waals surface area contributed by atoms with Crippen molar-refractivity contribution >= 4 is 40.1 Å². The lowest BCUT2D eigenvalue weighted by Gasteiger charge is -2.23. The molecule has 2 aromatic rings.